The molecule has 1 fully saturated rings. The van der Waals surface area contributed by atoms with E-state index in [1.165, 1.54) is 11.0 Å². The number of nitrogens with zero attached hydrogens (tertiary/aromatic N) is 2. The Bertz CT molecular complexity index is 1480. The first-order chi connectivity index (χ1) is 17.8. The molecule has 1 saturated carbocycles. The average Bonchev–Trinajstić information content (AvgIpc) is 3.65. The Hall–Kier alpha value is -4.04. The topological polar surface area (TPSA) is 88.3 Å². The minimum atomic E-state index is -0.692. The van der Waals surface area contributed by atoms with E-state index in [9.17, 15) is 14.0 Å². The van der Waals surface area contributed by atoms with Crippen LogP contribution >= 0.6 is 11.3 Å². The molecule has 0 unspecified atom stereocenters. The third-order valence-electron chi connectivity index (χ3n) is 6.48. The SMILES string of the molecule is Cc1cc(-c2nc(N(C(N)=O)c3cc(C4CC4)ccc3C)sc2C(=O)NCc2ccccc2)ccc1F. The maximum atomic E-state index is 14.0. The van der Waals surface area contributed by atoms with Gasteiger partial charge in [0.05, 0.1) is 11.4 Å². The van der Waals surface area contributed by atoms with Crippen molar-refractivity contribution in [3.63, 3.8) is 0 Å². The summed E-state index contributed by atoms with van der Waals surface area (Å²) in [6, 6.07) is 19.5. The Morgan fingerprint density at radius 1 is 1.05 bits per heavy atom. The van der Waals surface area contributed by atoms with Gasteiger partial charge in [-0.05, 0) is 79.1 Å². The Balaban J connectivity index is 1.57. The monoisotopic (exact) mass is 514 g/mol. The maximum absolute atomic E-state index is 14.0. The van der Waals surface area contributed by atoms with Crippen molar-refractivity contribution in [1.29, 1.82) is 0 Å². The first-order valence-corrected chi connectivity index (χ1v) is 12.9. The van der Waals surface area contributed by atoms with Gasteiger partial charge in [0.2, 0.25) is 0 Å². The molecule has 0 saturated heterocycles. The number of halogens is 1. The van der Waals surface area contributed by atoms with E-state index < -0.39 is 6.03 Å². The minimum absolute atomic E-state index is 0.283. The molecule has 3 N–H and O–H groups in total. The van der Waals surface area contributed by atoms with Crippen molar-refractivity contribution in [2.75, 3.05) is 4.90 Å². The van der Waals surface area contributed by atoms with E-state index in [4.69, 9.17) is 10.7 Å². The highest BCUT2D eigenvalue weighted by Gasteiger charge is 2.29. The lowest BCUT2D eigenvalue weighted by molar-refractivity contribution is 0.0955. The van der Waals surface area contributed by atoms with Gasteiger partial charge in [-0.2, -0.15) is 0 Å². The summed E-state index contributed by atoms with van der Waals surface area (Å²) in [6.07, 6.45) is 2.24. The standard InChI is InChI=1S/C29H27FN4O2S/c1-17-8-9-21(20-10-11-20)15-24(17)34(28(31)36)29-33-25(22-12-13-23(30)18(2)14-22)26(37-29)27(35)32-16-19-6-4-3-5-7-19/h3-9,12-15,20H,10-11,16H2,1-2H3,(H2,31,36)(H,32,35). The van der Waals surface area contributed by atoms with Gasteiger partial charge >= 0.3 is 6.03 Å². The van der Waals surface area contributed by atoms with Crippen LogP contribution in [0.2, 0.25) is 0 Å². The Labute approximate surface area is 219 Å². The molecule has 6 nitrogen and oxygen atoms in total. The number of rotatable bonds is 7. The van der Waals surface area contributed by atoms with Gasteiger partial charge in [0, 0.05) is 12.1 Å². The van der Waals surface area contributed by atoms with Gasteiger partial charge in [-0.15, -0.1) is 0 Å². The fourth-order valence-corrected chi connectivity index (χ4v) is 5.28. The Morgan fingerprint density at radius 2 is 1.81 bits per heavy atom. The molecule has 0 atom stereocenters. The smallest absolute Gasteiger partial charge is 0.325 e. The molecule has 5 rings (SSSR count). The molecule has 3 amide bonds. The van der Waals surface area contributed by atoms with Gasteiger partial charge in [-0.3, -0.25) is 4.79 Å². The summed E-state index contributed by atoms with van der Waals surface area (Å²) in [6.45, 7) is 3.90. The number of aryl methyl sites for hydroxylation is 2. The van der Waals surface area contributed by atoms with Crippen LogP contribution in [-0.4, -0.2) is 16.9 Å². The fraction of sp³-hybridized carbons (Fsp3) is 0.207. The lowest BCUT2D eigenvalue weighted by Crippen LogP contribution is -2.32. The lowest BCUT2D eigenvalue weighted by atomic mass is 10.1. The highest BCUT2D eigenvalue weighted by molar-refractivity contribution is 7.18. The first kappa shape index (κ1) is 24.6. The van der Waals surface area contributed by atoms with Crippen LogP contribution in [0.5, 0.6) is 0 Å². The van der Waals surface area contributed by atoms with Gasteiger partial charge in [0.1, 0.15) is 10.7 Å². The fourth-order valence-electron chi connectivity index (χ4n) is 4.26. The number of carbonyl (C=O) groups excluding carboxylic acids is 2. The van der Waals surface area contributed by atoms with Gasteiger partial charge in [0.15, 0.2) is 5.13 Å². The summed E-state index contributed by atoms with van der Waals surface area (Å²) in [5.41, 5.74) is 10.9. The summed E-state index contributed by atoms with van der Waals surface area (Å²) in [4.78, 5) is 32.5. The second-order valence-electron chi connectivity index (χ2n) is 9.30. The highest BCUT2D eigenvalue weighted by Crippen LogP contribution is 2.43. The zero-order valence-electron chi connectivity index (χ0n) is 20.6. The van der Waals surface area contributed by atoms with E-state index in [2.05, 4.69) is 11.4 Å². The number of primary amides is 1. The van der Waals surface area contributed by atoms with E-state index in [1.54, 1.807) is 19.1 Å². The largest absolute Gasteiger partial charge is 0.351 e. The molecule has 1 aromatic heterocycles. The molecule has 0 aliphatic heterocycles. The summed E-state index contributed by atoms with van der Waals surface area (Å²) in [5.74, 6) is -0.194. The Morgan fingerprint density at radius 3 is 2.49 bits per heavy atom. The Kier molecular flexibility index (Phi) is 6.76. The second-order valence-corrected chi connectivity index (χ2v) is 10.3. The van der Waals surface area contributed by atoms with E-state index in [-0.39, 0.29) is 16.9 Å². The molecule has 0 bridgehead atoms. The number of benzene rings is 3. The molecule has 1 heterocycles. The summed E-state index contributed by atoms with van der Waals surface area (Å²) >= 11 is 1.09. The van der Waals surface area contributed by atoms with Crippen molar-refractivity contribution in [2.24, 2.45) is 5.73 Å². The second kappa shape index (κ2) is 10.1. The minimum Gasteiger partial charge on any atom is -0.351 e. The van der Waals surface area contributed by atoms with Gasteiger partial charge < -0.3 is 11.1 Å². The number of carbonyl (C=O) groups is 2. The van der Waals surface area contributed by atoms with Crippen LogP contribution in [0.1, 0.15) is 50.7 Å². The number of hydrogen-bond acceptors (Lipinski definition) is 4. The van der Waals surface area contributed by atoms with E-state index in [0.29, 0.717) is 39.8 Å². The number of amides is 3. The normalized spacial score (nSPS) is 12.8. The van der Waals surface area contributed by atoms with Gasteiger partial charge in [-0.1, -0.05) is 53.8 Å². The number of nitrogens with two attached hydrogens (primary N) is 1. The van der Waals surface area contributed by atoms with E-state index >= 15 is 0 Å². The predicted octanol–water partition coefficient (Wildman–Crippen LogP) is 6.59. The first-order valence-electron chi connectivity index (χ1n) is 12.1. The van der Waals surface area contributed by atoms with Crippen molar-refractivity contribution in [2.45, 2.75) is 39.2 Å². The molecule has 1 aliphatic carbocycles. The quantitative estimate of drug-likeness (QED) is 0.292. The van der Waals surface area contributed by atoms with Gasteiger partial charge in [0.25, 0.3) is 5.91 Å². The predicted molar refractivity (Wildman–Crippen MR) is 145 cm³/mol. The molecular formula is C29H27FN4O2S. The number of urea groups is 1. The average molecular weight is 515 g/mol. The van der Waals surface area contributed by atoms with Crippen molar-refractivity contribution in [3.05, 3.63) is 99.7 Å². The number of anilines is 2. The molecule has 0 spiro atoms. The van der Waals surface area contributed by atoms with Crippen LogP contribution in [0.3, 0.4) is 0 Å². The van der Waals surface area contributed by atoms with Crippen molar-refractivity contribution >= 4 is 34.1 Å². The zero-order chi connectivity index (χ0) is 26.1. The van der Waals surface area contributed by atoms with Gasteiger partial charge in [-0.25, -0.2) is 19.1 Å². The molecular weight excluding hydrogens is 487 g/mol. The number of aromatic nitrogens is 1. The van der Waals surface area contributed by atoms with Crippen LogP contribution in [0.25, 0.3) is 11.3 Å². The van der Waals surface area contributed by atoms with Crippen LogP contribution in [0.4, 0.5) is 20.0 Å². The van der Waals surface area contributed by atoms with E-state index in [0.717, 1.165) is 40.9 Å². The van der Waals surface area contributed by atoms with Crippen LogP contribution in [-0.2, 0) is 6.54 Å². The maximum Gasteiger partial charge on any atom is 0.325 e. The molecule has 4 aromatic rings. The van der Waals surface area contributed by atoms with Crippen molar-refractivity contribution in [1.82, 2.24) is 10.3 Å². The molecule has 0 radical (unpaired) electrons. The summed E-state index contributed by atoms with van der Waals surface area (Å²) < 4.78 is 14.0. The molecule has 3 aromatic carbocycles. The third-order valence-corrected chi connectivity index (χ3v) is 7.52. The summed E-state index contributed by atoms with van der Waals surface area (Å²) in [5, 5.41) is 3.22. The van der Waals surface area contributed by atoms with Crippen molar-refractivity contribution < 1.29 is 14.0 Å². The lowest BCUT2D eigenvalue weighted by Gasteiger charge is -2.20. The number of nitrogens with one attached hydrogen (secondary N) is 1. The van der Waals surface area contributed by atoms with Crippen molar-refractivity contribution in [3.8, 4) is 11.3 Å². The third kappa shape index (κ3) is 5.24. The summed E-state index contributed by atoms with van der Waals surface area (Å²) in [7, 11) is 0. The highest BCUT2D eigenvalue weighted by atomic mass is 32.1. The molecule has 1 aliphatic rings. The van der Waals surface area contributed by atoms with E-state index in [1.807, 2.05) is 49.4 Å². The number of hydrogen-bond donors (Lipinski definition) is 2. The molecule has 188 valence electrons. The van der Waals surface area contributed by atoms with Crippen LogP contribution in [0, 0.1) is 19.7 Å². The zero-order valence-corrected chi connectivity index (χ0v) is 21.4. The number of thiazole rings is 1. The van der Waals surface area contributed by atoms with Crippen LogP contribution in [0.15, 0.2) is 66.7 Å². The van der Waals surface area contributed by atoms with Crippen LogP contribution < -0.4 is 16.0 Å². The molecule has 8 heteroatoms. The molecule has 37 heavy (non-hydrogen) atoms.